The number of benzene rings is 1. The van der Waals surface area contributed by atoms with Crippen LogP contribution in [0.4, 0.5) is 18.3 Å². The fourth-order valence-corrected chi connectivity index (χ4v) is 2.73. The van der Waals surface area contributed by atoms with E-state index in [1.165, 1.54) is 17.4 Å². The Morgan fingerprint density at radius 1 is 1.42 bits per heavy atom. The monoisotopic (exact) mass is 378 g/mol. The van der Waals surface area contributed by atoms with Gasteiger partial charge in [-0.15, -0.1) is 11.3 Å². The molecule has 0 bridgehead atoms. The highest BCUT2D eigenvalue weighted by Crippen LogP contribution is 2.36. The van der Waals surface area contributed by atoms with Crippen molar-refractivity contribution < 1.29 is 22.7 Å². The fourth-order valence-electron chi connectivity index (χ4n) is 1.83. The molecule has 0 fully saturated rings. The van der Waals surface area contributed by atoms with Crippen LogP contribution in [0.25, 0.3) is 0 Å². The van der Waals surface area contributed by atoms with Gasteiger partial charge in [0.05, 0.1) is 17.2 Å². The fraction of sp³-hybridized carbons (Fsp3) is 0.333. The summed E-state index contributed by atoms with van der Waals surface area (Å²) in [5, 5.41) is 2.78. The van der Waals surface area contributed by atoms with Crippen LogP contribution in [0.15, 0.2) is 24.4 Å². The van der Waals surface area contributed by atoms with Crippen molar-refractivity contribution in [1.29, 1.82) is 0 Å². The number of aromatic nitrogens is 1. The van der Waals surface area contributed by atoms with E-state index in [4.69, 9.17) is 16.3 Å². The van der Waals surface area contributed by atoms with Gasteiger partial charge in [0.15, 0.2) is 5.13 Å². The molecule has 0 saturated heterocycles. The van der Waals surface area contributed by atoms with Crippen molar-refractivity contribution in [2.75, 3.05) is 11.9 Å². The molecule has 1 amide bonds. The highest BCUT2D eigenvalue weighted by Gasteiger charge is 2.33. The normalized spacial score (nSPS) is 11.4. The molecular formula is C15H14ClF3N2O2S. The molecule has 0 aliphatic rings. The van der Waals surface area contributed by atoms with E-state index in [0.717, 1.165) is 17.0 Å². The smallest absolute Gasteiger partial charge is 0.417 e. The van der Waals surface area contributed by atoms with Gasteiger partial charge < -0.3 is 10.1 Å². The van der Waals surface area contributed by atoms with Crippen LogP contribution < -0.4 is 10.1 Å². The maximum absolute atomic E-state index is 12.7. The van der Waals surface area contributed by atoms with Gasteiger partial charge in [0.1, 0.15) is 5.75 Å². The van der Waals surface area contributed by atoms with E-state index < -0.39 is 11.7 Å². The van der Waals surface area contributed by atoms with Gasteiger partial charge in [-0.2, -0.15) is 13.2 Å². The molecule has 130 valence electrons. The lowest BCUT2D eigenvalue weighted by atomic mass is 10.2. The molecular weight excluding hydrogens is 365 g/mol. The molecule has 0 aliphatic heterocycles. The van der Waals surface area contributed by atoms with Crippen LogP contribution in [0.1, 0.15) is 23.3 Å². The Labute approximate surface area is 145 Å². The molecule has 1 heterocycles. The number of alkyl halides is 3. The van der Waals surface area contributed by atoms with Crippen LogP contribution in [0.2, 0.25) is 5.02 Å². The Hall–Kier alpha value is -1.80. The zero-order chi connectivity index (χ0) is 17.7. The molecule has 0 radical (unpaired) electrons. The molecule has 1 aromatic carbocycles. The summed E-state index contributed by atoms with van der Waals surface area (Å²) in [6, 6.07) is 3.34. The number of rotatable bonds is 6. The third kappa shape index (κ3) is 5.38. The number of nitrogens with zero attached hydrogens (tertiary/aromatic N) is 1. The Morgan fingerprint density at radius 2 is 2.17 bits per heavy atom. The lowest BCUT2D eigenvalue weighted by molar-refractivity contribution is -0.137. The number of thiazole rings is 1. The largest absolute Gasteiger partial charge is 0.494 e. The summed E-state index contributed by atoms with van der Waals surface area (Å²) in [4.78, 5) is 16.7. The molecule has 9 heteroatoms. The highest BCUT2D eigenvalue weighted by atomic mass is 35.5. The van der Waals surface area contributed by atoms with Gasteiger partial charge in [0.2, 0.25) is 5.91 Å². The van der Waals surface area contributed by atoms with Gasteiger partial charge in [0, 0.05) is 17.5 Å². The van der Waals surface area contributed by atoms with Gasteiger partial charge >= 0.3 is 6.18 Å². The first kappa shape index (κ1) is 18.5. The SMILES string of the molecule is Cc1cnc(NC(=O)CCCOc2ccc(Cl)c(C(F)(F)F)c2)s1. The van der Waals surface area contributed by atoms with Crippen molar-refractivity contribution >= 4 is 34.0 Å². The van der Waals surface area contributed by atoms with E-state index in [2.05, 4.69) is 10.3 Å². The number of halogens is 4. The average molecular weight is 379 g/mol. The number of hydrogen-bond donors (Lipinski definition) is 1. The molecule has 24 heavy (non-hydrogen) atoms. The number of carbonyl (C=O) groups excluding carboxylic acids is 1. The Balaban J connectivity index is 1.79. The van der Waals surface area contributed by atoms with Gasteiger partial charge in [-0.1, -0.05) is 11.6 Å². The first-order valence-corrected chi connectivity index (χ1v) is 8.17. The zero-order valence-electron chi connectivity index (χ0n) is 12.6. The lowest BCUT2D eigenvalue weighted by Crippen LogP contribution is -2.12. The summed E-state index contributed by atoms with van der Waals surface area (Å²) < 4.78 is 43.5. The zero-order valence-corrected chi connectivity index (χ0v) is 14.2. The van der Waals surface area contributed by atoms with E-state index in [9.17, 15) is 18.0 Å². The highest BCUT2D eigenvalue weighted by molar-refractivity contribution is 7.15. The second kappa shape index (κ2) is 7.85. The van der Waals surface area contributed by atoms with Crippen molar-refractivity contribution in [3.05, 3.63) is 39.9 Å². The predicted octanol–water partition coefficient (Wildman–Crippen LogP) is 4.92. The number of aryl methyl sites for hydroxylation is 1. The molecule has 2 aromatic rings. The predicted molar refractivity (Wildman–Crippen MR) is 86.7 cm³/mol. The van der Waals surface area contributed by atoms with Crippen molar-refractivity contribution in [2.24, 2.45) is 0 Å². The Morgan fingerprint density at radius 3 is 2.79 bits per heavy atom. The summed E-state index contributed by atoms with van der Waals surface area (Å²) in [6.45, 7) is 1.99. The second-order valence-corrected chi connectivity index (χ2v) is 6.56. The quantitative estimate of drug-likeness (QED) is 0.726. The maximum atomic E-state index is 12.7. The van der Waals surface area contributed by atoms with Crippen LogP contribution in [0, 0.1) is 6.92 Å². The van der Waals surface area contributed by atoms with Crippen LogP contribution in [0.3, 0.4) is 0 Å². The molecule has 1 aromatic heterocycles. The topological polar surface area (TPSA) is 51.2 Å². The standard InChI is InChI=1S/C15H14ClF3N2O2S/c1-9-8-20-14(24-9)21-13(22)3-2-6-23-10-4-5-12(16)11(7-10)15(17,18)19/h4-5,7-8H,2-3,6H2,1H3,(H,20,21,22). The van der Waals surface area contributed by atoms with Crippen LogP contribution in [-0.2, 0) is 11.0 Å². The van der Waals surface area contributed by atoms with Crippen molar-refractivity contribution in [3.63, 3.8) is 0 Å². The number of amides is 1. The third-order valence-corrected chi connectivity index (χ3v) is 4.09. The van der Waals surface area contributed by atoms with Crippen molar-refractivity contribution in [3.8, 4) is 5.75 Å². The maximum Gasteiger partial charge on any atom is 0.417 e. The van der Waals surface area contributed by atoms with Crippen LogP contribution in [0.5, 0.6) is 5.75 Å². The van der Waals surface area contributed by atoms with Gasteiger partial charge in [0.25, 0.3) is 0 Å². The number of carbonyl (C=O) groups is 1. The van der Waals surface area contributed by atoms with E-state index in [0.29, 0.717) is 11.6 Å². The molecule has 0 spiro atoms. The van der Waals surface area contributed by atoms with Crippen molar-refractivity contribution in [2.45, 2.75) is 25.9 Å². The van der Waals surface area contributed by atoms with E-state index in [1.807, 2.05) is 6.92 Å². The summed E-state index contributed by atoms with van der Waals surface area (Å²) in [5.41, 5.74) is -0.946. The first-order valence-electron chi connectivity index (χ1n) is 6.97. The molecule has 0 unspecified atom stereocenters. The van der Waals surface area contributed by atoms with Crippen LogP contribution >= 0.6 is 22.9 Å². The van der Waals surface area contributed by atoms with Gasteiger partial charge in [-0.3, -0.25) is 4.79 Å². The first-order chi connectivity index (χ1) is 11.3. The Bertz CT molecular complexity index is 719. The lowest BCUT2D eigenvalue weighted by Gasteiger charge is -2.11. The molecule has 0 aliphatic carbocycles. The van der Waals surface area contributed by atoms with Crippen LogP contribution in [-0.4, -0.2) is 17.5 Å². The summed E-state index contributed by atoms with van der Waals surface area (Å²) in [7, 11) is 0. The molecule has 0 atom stereocenters. The minimum atomic E-state index is -4.54. The Kier molecular flexibility index (Phi) is 6.06. The summed E-state index contributed by atoms with van der Waals surface area (Å²) >= 11 is 6.89. The third-order valence-electron chi connectivity index (χ3n) is 2.93. The molecule has 2 rings (SSSR count). The molecule has 1 N–H and O–H groups in total. The van der Waals surface area contributed by atoms with Crippen molar-refractivity contribution in [1.82, 2.24) is 4.98 Å². The number of nitrogens with one attached hydrogen (secondary N) is 1. The minimum absolute atomic E-state index is 0.0580. The number of ether oxygens (including phenoxy) is 1. The molecule has 0 saturated carbocycles. The summed E-state index contributed by atoms with van der Waals surface area (Å²) in [5.74, 6) is -0.164. The molecule has 4 nitrogen and oxygen atoms in total. The second-order valence-electron chi connectivity index (χ2n) is 4.92. The van der Waals surface area contributed by atoms with E-state index in [1.54, 1.807) is 6.20 Å². The average Bonchev–Trinajstić information content (AvgIpc) is 2.89. The number of anilines is 1. The number of hydrogen-bond acceptors (Lipinski definition) is 4. The van der Waals surface area contributed by atoms with Gasteiger partial charge in [-0.05, 0) is 31.5 Å². The van der Waals surface area contributed by atoms with Gasteiger partial charge in [-0.25, -0.2) is 4.98 Å². The summed E-state index contributed by atoms with van der Waals surface area (Å²) in [6.07, 6.45) is -2.34. The van der Waals surface area contributed by atoms with E-state index in [-0.39, 0.29) is 29.7 Å². The minimum Gasteiger partial charge on any atom is -0.494 e. The van der Waals surface area contributed by atoms with E-state index >= 15 is 0 Å².